The van der Waals surface area contributed by atoms with Crippen LogP contribution < -0.4 is 21.7 Å². The number of carbonyl (C=O) groups excluding carboxylic acids is 3. The van der Waals surface area contributed by atoms with Gasteiger partial charge in [0.25, 0.3) is 0 Å². The Hall–Kier alpha value is -3.39. The first-order valence-corrected chi connectivity index (χ1v) is 12.8. The Balaban J connectivity index is 2.23. The van der Waals surface area contributed by atoms with Gasteiger partial charge in [-0.2, -0.15) is 11.8 Å². The summed E-state index contributed by atoms with van der Waals surface area (Å²) in [6, 6.07) is -4.14. The van der Waals surface area contributed by atoms with Crippen molar-refractivity contribution in [2.24, 2.45) is 11.7 Å². The Morgan fingerprint density at radius 3 is 1.78 bits per heavy atom. The highest BCUT2D eigenvalue weighted by molar-refractivity contribution is 7.98. The number of aliphatic carboxylic acids is 1. The molecule has 14 heteroatoms. The quantitative estimate of drug-likeness (QED) is 0.156. The van der Waals surface area contributed by atoms with Gasteiger partial charge in [0, 0.05) is 36.6 Å². The molecule has 13 nitrogen and oxygen atoms in total. The average molecular weight is 523 g/mol. The van der Waals surface area contributed by atoms with E-state index in [0.29, 0.717) is 17.1 Å². The summed E-state index contributed by atoms with van der Waals surface area (Å²) < 4.78 is 0. The summed E-state index contributed by atoms with van der Waals surface area (Å²) in [6.45, 7) is 3.57. The van der Waals surface area contributed by atoms with Gasteiger partial charge < -0.3 is 36.8 Å². The maximum atomic E-state index is 13.3. The number of aromatic amines is 2. The number of H-pyrrole nitrogens is 2. The Kier molecular flexibility index (Phi) is 11.4. The van der Waals surface area contributed by atoms with Crippen molar-refractivity contribution in [2.45, 2.75) is 57.3 Å². The number of carboxylic acid groups (broad SMARTS) is 1. The van der Waals surface area contributed by atoms with Gasteiger partial charge in [-0.15, -0.1) is 0 Å². The van der Waals surface area contributed by atoms with E-state index in [0.717, 1.165) is 0 Å². The molecule has 0 aliphatic rings. The van der Waals surface area contributed by atoms with Crippen molar-refractivity contribution >= 4 is 35.5 Å². The number of nitrogens with zero attached hydrogens (tertiary/aromatic N) is 2. The highest BCUT2D eigenvalue weighted by Crippen LogP contribution is 2.07. The van der Waals surface area contributed by atoms with Gasteiger partial charge in [-0.25, -0.2) is 14.8 Å². The molecule has 2 rings (SSSR count). The van der Waals surface area contributed by atoms with Gasteiger partial charge in [0.15, 0.2) is 0 Å². The van der Waals surface area contributed by atoms with Gasteiger partial charge in [0.05, 0.1) is 18.7 Å². The van der Waals surface area contributed by atoms with Crippen LogP contribution in [0.4, 0.5) is 0 Å². The van der Waals surface area contributed by atoms with Crippen LogP contribution in [0.2, 0.25) is 0 Å². The molecule has 0 bridgehead atoms. The molecular weight excluding hydrogens is 488 g/mol. The number of thioether (sulfide) groups is 1. The van der Waals surface area contributed by atoms with Crippen LogP contribution in [-0.2, 0) is 32.0 Å². The predicted octanol–water partition coefficient (Wildman–Crippen LogP) is -0.807. The second-order valence-electron chi connectivity index (χ2n) is 8.63. The van der Waals surface area contributed by atoms with Crippen molar-refractivity contribution < 1.29 is 24.3 Å². The van der Waals surface area contributed by atoms with E-state index >= 15 is 0 Å². The first kappa shape index (κ1) is 28.8. The van der Waals surface area contributed by atoms with E-state index in [4.69, 9.17) is 5.73 Å². The molecule has 8 N–H and O–H groups in total. The Labute approximate surface area is 213 Å². The fraction of sp³-hybridized carbons (Fsp3) is 0.545. The van der Waals surface area contributed by atoms with E-state index < -0.39 is 47.9 Å². The third-order valence-corrected chi connectivity index (χ3v) is 6.11. The largest absolute Gasteiger partial charge is 0.480 e. The van der Waals surface area contributed by atoms with Crippen LogP contribution in [0.1, 0.15) is 31.7 Å². The zero-order chi connectivity index (χ0) is 26.7. The van der Waals surface area contributed by atoms with Gasteiger partial charge in [-0.3, -0.25) is 14.4 Å². The molecule has 4 atom stereocenters. The minimum absolute atomic E-state index is 0.0304. The van der Waals surface area contributed by atoms with Crippen molar-refractivity contribution in [2.75, 3.05) is 12.0 Å². The molecule has 198 valence electrons. The number of imidazole rings is 2. The molecule has 36 heavy (non-hydrogen) atoms. The minimum atomic E-state index is -1.17. The Bertz CT molecular complexity index is 983. The standard InChI is InChI=1S/C22H34N8O5S/c1-12(2)18(23)21(33)30-17(7-14-9-25-11-27-14)20(32)29-16(6-13-8-24-10-26-13)19(31)28-15(22(34)35)4-5-36-3/h8-12,15-18H,4-7,23H2,1-3H3,(H,24,26)(H,25,27)(H,28,31)(H,29,32)(H,30,33)(H,34,35). The smallest absolute Gasteiger partial charge is 0.326 e. The lowest BCUT2D eigenvalue weighted by atomic mass is 10.0. The Morgan fingerprint density at radius 1 is 0.917 bits per heavy atom. The highest BCUT2D eigenvalue weighted by Gasteiger charge is 2.31. The van der Waals surface area contributed by atoms with Gasteiger partial charge in [0.2, 0.25) is 17.7 Å². The summed E-state index contributed by atoms with van der Waals surface area (Å²) in [6.07, 6.45) is 8.06. The number of amides is 3. The number of carboxylic acids is 1. The first-order valence-electron chi connectivity index (χ1n) is 11.4. The lowest BCUT2D eigenvalue weighted by Crippen LogP contribution is -2.58. The van der Waals surface area contributed by atoms with Crippen molar-refractivity contribution in [3.05, 3.63) is 36.4 Å². The molecule has 3 amide bonds. The van der Waals surface area contributed by atoms with E-state index in [1.807, 2.05) is 6.26 Å². The van der Waals surface area contributed by atoms with Crippen molar-refractivity contribution in [3.8, 4) is 0 Å². The summed E-state index contributed by atoms with van der Waals surface area (Å²) >= 11 is 1.46. The molecule has 2 heterocycles. The maximum absolute atomic E-state index is 13.3. The summed E-state index contributed by atoms with van der Waals surface area (Å²) in [5.41, 5.74) is 7.10. The molecule has 0 radical (unpaired) electrons. The molecule has 0 aromatic carbocycles. The molecule has 0 spiro atoms. The van der Waals surface area contributed by atoms with Gasteiger partial charge >= 0.3 is 5.97 Å². The lowest BCUT2D eigenvalue weighted by molar-refractivity contribution is -0.142. The average Bonchev–Trinajstić information content (AvgIpc) is 3.54. The predicted molar refractivity (Wildman–Crippen MR) is 134 cm³/mol. The third kappa shape index (κ3) is 9.00. The normalized spacial score (nSPS) is 14.5. The number of aromatic nitrogens is 4. The van der Waals surface area contributed by atoms with Crippen molar-refractivity contribution in [1.82, 2.24) is 35.9 Å². The number of nitrogens with one attached hydrogen (secondary N) is 5. The van der Waals surface area contributed by atoms with Crippen LogP contribution >= 0.6 is 11.8 Å². The van der Waals surface area contributed by atoms with Crippen LogP contribution in [0.25, 0.3) is 0 Å². The molecule has 2 aromatic rings. The van der Waals surface area contributed by atoms with Crippen LogP contribution in [0, 0.1) is 5.92 Å². The first-order chi connectivity index (χ1) is 17.1. The second kappa shape index (κ2) is 14.2. The summed E-state index contributed by atoms with van der Waals surface area (Å²) in [7, 11) is 0. The van der Waals surface area contributed by atoms with Crippen molar-refractivity contribution in [3.63, 3.8) is 0 Å². The summed E-state index contributed by atoms with van der Waals surface area (Å²) in [5.74, 6) is -2.61. The molecule has 0 saturated carbocycles. The summed E-state index contributed by atoms with van der Waals surface area (Å²) in [4.78, 5) is 64.3. The van der Waals surface area contributed by atoms with E-state index in [9.17, 15) is 24.3 Å². The second-order valence-corrected chi connectivity index (χ2v) is 9.62. The molecule has 2 aromatic heterocycles. The zero-order valence-electron chi connectivity index (χ0n) is 20.5. The van der Waals surface area contributed by atoms with Crippen LogP contribution in [0.5, 0.6) is 0 Å². The Morgan fingerprint density at radius 2 is 1.39 bits per heavy atom. The molecule has 0 fully saturated rings. The number of hydrogen-bond acceptors (Lipinski definition) is 8. The number of nitrogens with two attached hydrogens (primary N) is 1. The minimum Gasteiger partial charge on any atom is -0.480 e. The van der Waals surface area contributed by atoms with Crippen LogP contribution in [0.15, 0.2) is 25.0 Å². The van der Waals surface area contributed by atoms with Gasteiger partial charge in [0.1, 0.15) is 18.1 Å². The number of hydrogen-bond donors (Lipinski definition) is 7. The number of carbonyl (C=O) groups is 4. The maximum Gasteiger partial charge on any atom is 0.326 e. The third-order valence-electron chi connectivity index (χ3n) is 5.47. The number of rotatable bonds is 15. The lowest BCUT2D eigenvalue weighted by Gasteiger charge is -2.25. The molecule has 0 saturated heterocycles. The van der Waals surface area contributed by atoms with E-state index in [2.05, 4.69) is 35.9 Å². The van der Waals surface area contributed by atoms with Crippen LogP contribution in [-0.4, -0.2) is 84.9 Å². The van der Waals surface area contributed by atoms with Gasteiger partial charge in [-0.1, -0.05) is 13.8 Å². The van der Waals surface area contributed by atoms with E-state index in [1.165, 1.54) is 36.8 Å². The van der Waals surface area contributed by atoms with E-state index in [1.54, 1.807) is 13.8 Å². The molecular formula is C22H34N8O5S. The van der Waals surface area contributed by atoms with Crippen molar-refractivity contribution in [1.29, 1.82) is 0 Å². The fourth-order valence-electron chi connectivity index (χ4n) is 3.26. The van der Waals surface area contributed by atoms with Gasteiger partial charge in [-0.05, 0) is 24.3 Å². The molecule has 0 aliphatic carbocycles. The fourth-order valence-corrected chi connectivity index (χ4v) is 3.73. The molecule has 4 unspecified atom stereocenters. The molecule has 0 aliphatic heterocycles. The zero-order valence-corrected chi connectivity index (χ0v) is 21.3. The topological polar surface area (TPSA) is 208 Å². The highest BCUT2D eigenvalue weighted by atomic mass is 32.2. The van der Waals surface area contributed by atoms with Crippen LogP contribution in [0.3, 0.4) is 0 Å². The summed E-state index contributed by atoms with van der Waals surface area (Å²) in [5, 5.41) is 17.3. The van der Waals surface area contributed by atoms with E-state index in [-0.39, 0.29) is 25.2 Å². The monoisotopic (exact) mass is 522 g/mol. The SMILES string of the molecule is CSCCC(NC(=O)C(Cc1cnc[nH]1)NC(=O)C(Cc1cnc[nH]1)NC(=O)C(N)C(C)C)C(=O)O.